The van der Waals surface area contributed by atoms with Gasteiger partial charge >= 0.3 is 5.97 Å². The fraction of sp³-hybridized carbons (Fsp3) is 0.100. The van der Waals surface area contributed by atoms with E-state index in [1.165, 1.54) is 6.92 Å². The topological polar surface area (TPSA) is 26.3 Å². The number of halogens is 2. The summed E-state index contributed by atoms with van der Waals surface area (Å²) in [6.07, 6.45) is 0. The van der Waals surface area contributed by atoms with E-state index in [0.29, 0.717) is 6.07 Å². The number of benzene rings is 1. The second-order valence-corrected chi connectivity index (χ2v) is 2.78. The van der Waals surface area contributed by atoms with Crippen LogP contribution in [0.5, 0.6) is 5.75 Å². The zero-order valence-corrected chi connectivity index (χ0v) is 7.51. The van der Waals surface area contributed by atoms with Crippen molar-refractivity contribution in [2.24, 2.45) is 0 Å². The molecule has 0 amide bonds. The number of carbonyl (C=O) groups excluding carboxylic acids is 1. The molecule has 0 N–H and O–H groups in total. The minimum Gasteiger partial charge on any atom is -0.423 e. The van der Waals surface area contributed by atoms with E-state index in [0.717, 1.165) is 12.1 Å². The van der Waals surface area contributed by atoms with Crippen LogP contribution < -0.4 is 4.74 Å². The zero-order valence-electron chi connectivity index (χ0n) is 7.51. The number of esters is 1. The summed E-state index contributed by atoms with van der Waals surface area (Å²) in [5, 5.41) is 0. The lowest BCUT2D eigenvalue weighted by Crippen LogP contribution is -2.08. The Bertz CT molecular complexity index is 365. The maximum atomic E-state index is 12.6. The summed E-state index contributed by atoms with van der Waals surface area (Å²) < 4.78 is 29.9. The van der Waals surface area contributed by atoms with Gasteiger partial charge in [-0.1, -0.05) is 6.58 Å². The van der Waals surface area contributed by atoms with Gasteiger partial charge in [-0.3, -0.25) is 0 Å². The summed E-state index contributed by atoms with van der Waals surface area (Å²) in [7, 11) is 0. The molecule has 0 aliphatic rings. The number of rotatable bonds is 2. The molecule has 2 nitrogen and oxygen atoms in total. The molecule has 0 radical (unpaired) electrons. The fourth-order valence-corrected chi connectivity index (χ4v) is 0.782. The lowest BCUT2D eigenvalue weighted by Gasteiger charge is -2.03. The predicted molar refractivity (Wildman–Crippen MR) is 46.8 cm³/mol. The van der Waals surface area contributed by atoms with Gasteiger partial charge in [0.25, 0.3) is 0 Å². The Kier molecular flexibility index (Phi) is 2.96. The van der Waals surface area contributed by atoms with Gasteiger partial charge in [0.15, 0.2) is 0 Å². The maximum Gasteiger partial charge on any atom is 0.338 e. The lowest BCUT2D eigenvalue weighted by molar-refractivity contribution is -0.130. The van der Waals surface area contributed by atoms with E-state index in [1.807, 2.05) is 0 Å². The highest BCUT2D eigenvalue weighted by atomic mass is 19.1. The molecule has 0 spiro atoms. The van der Waals surface area contributed by atoms with Crippen LogP contribution in [0, 0.1) is 11.6 Å². The molecule has 0 aliphatic heterocycles. The Labute approximate surface area is 79.8 Å². The Morgan fingerprint density at radius 1 is 1.29 bits per heavy atom. The summed E-state index contributed by atoms with van der Waals surface area (Å²) >= 11 is 0. The average Bonchev–Trinajstić information content (AvgIpc) is 2.01. The Morgan fingerprint density at radius 2 is 1.79 bits per heavy atom. The number of hydrogen-bond donors (Lipinski definition) is 0. The molecule has 0 saturated carbocycles. The van der Waals surface area contributed by atoms with Crippen molar-refractivity contribution in [1.29, 1.82) is 0 Å². The van der Waals surface area contributed by atoms with Gasteiger partial charge in [-0.15, -0.1) is 0 Å². The van der Waals surface area contributed by atoms with E-state index < -0.39 is 17.6 Å². The van der Waals surface area contributed by atoms with Crippen LogP contribution in [0.1, 0.15) is 6.92 Å². The summed E-state index contributed by atoms with van der Waals surface area (Å²) in [6.45, 7) is 4.78. The van der Waals surface area contributed by atoms with Crippen molar-refractivity contribution in [3.05, 3.63) is 42.0 Å². The van der Waals surface area contributed by atoms with Crippen LogP contribution >= 0.6 is 0 Å². The molecular weight excluding hydrogens is 190 g/mol. The van der Waals surface area contributed by atoms with E-state index in [9.17, 15) is 13.6 Å². The van der Waals surface area contributed by atoms with E-state index in [1.54, 1.807) is 0 Å². The van der Waals surface area contributed by atoms with Crippen molar-refractivity contribution in [3.63, 3.8) is 0 Å². The first-order chi connectivity index (χ1) is 6.49. The van der Waals surface area contributed by atoms with Gasteiger partial charge in [-0.25, -0.2) is 13.6 Å². The number of hydrogen-bond acceptors (Lipinski definition) is 2. The Balaban J connectivity index is 2.87. The van der Waals surface area contributed by atoms with Gasteiger partial charge in [-0.05, 0) is 6.92 Å². The molecule has 0 unspecified atom stereocenters. The summed E-state index contributed by atoms with van der Waals surface area (Å²) in [6, 6.07) is 2.53. The van der Waals surface area contributed by atoms with Crippen molar-refractivity contribution in [1.82, 2.24) is 0 Å². The SMILES string of the molecule is C=C(C)C(=O)Oc1cc(F)cc(F)c1. The molecule has 1 aromatic carbocycles. The van der Waals surface area contributed by atoms with Crippen molar-refractivity contribution in [2.75, 3.05) is 0 Å². The van der Waals surface area contributed by atoms with Crippen molar-refractivity contribution < 1.29 is 18.3 Å². The summed E-state index contributed by atoms with van der Waals surface area (Å²) in [4.78, 5) is 11.0. The minimum atomic E-state index is -0.797. The van der Waals surface area contributed by atoms with Gasteiger partial charge in [0.1, 0.15) is 17.4 Å². The van der Waals surface area contributed by atoms with Crippen molar-refractivity contribution in [2.45, 2.75) is 6.92 Å². The normalized spacial score (nSPS) is 9.64. The molecule has 0 aromatic heterocycles. The van der Waals surface area contributed by atoms with E-state index in [2.05, 4.69) is 11.3 Å². The number of carbonyl (C=O) groups is 1. The average molecular weight is 198 g/mol. The first-order valence-electron chi connectivity index (χ1n) is 3.83. The van der Waals surface area contributed by atoms with Gasteiger partial charge in [0.2, 0.25) is 0 Å². The molecule has 0 bridgehead atoms. The first-order valence-corrected chi connectivity index (χ1v) is 3.83. The third-order valence-electron chi connectivity index (χ3n) is 1.40. The fourth-order valence-electron chi connectivity index (χ4n) is 0.782. The van der Waals surface area contributed by atoms with Crippen molar-refractivity contribution in [3.8, 4) is 5.75 Å². The monoisotopic (exact) mass is 198 g/mol. The molecule has 0 atom stereocenters. The van der Waals surface area contributed by atoms with Gasteiger partial charge < -0.3 is 4.74 Å². The second kappa shape index (κ2) is 4.00. The van der Waals surface area contributed by atoms with Crippen LogP contribution in [0.25, 0.3) is 0 Å². The maximum absolute atomic E-state index is 12.6. The highest BCUT2D eigenvalue weighted by Crippen LogP contribution is 2.16. The summed E-state index contributed by atoms with van der Waals surface area (Å²) in [5.74, 6) is -2.48. The molecule has 0 saturated heterocycles. The van der Waals surface area contributed by atoms with E-state index in [-0.39, 0.29) is 11.3 Å². The lowest BCUT2D eigenvalue weighted by atomic mass is 10.3. The third-order valence-corrected chi connectivity index (χ3v) is 1.40. The molecule has 0 aliphatic carbocycles. The quantitative estimate of drug-likeness (QED) is 0.414. The summed E-state index contributed by atoms with van der Waals surface area (Å²) in [5.41, 5.74) is 0.162. The largest absolute Gasteiger partial charge is 0.423 e. The van der Waals surface area contributed by atoms with Crippen LogP contribution in [0.4, 0.5) is 8.78 Å². The van der Waals surface area contributed by atoms with Crippen LogP contribution in [-0.2, 0) is 4.79 Å². The Morgan fingerprint density at radius 3 is 2.21 bits per heavy atom. The molecule has 14 heavy (non-hydrogen) atoms. The Hall–Kier alpha value is -1.71. The highest BCUT2D eigenvalue weighted by molar-refractivity contribution is 5.88. The van der Waals surface area contributed by atoms with Gasteiger partial charge in [-0.2, -0.15) is 0 Å². The van der Waals surface area contributed by atoms with E-state index in [4.69, 9.17) is 0 Å². The standard InChI is InChI=1S/C10H8F2O2/c1-6(2)10(13)14-9-4-7(11)3-8(12)5-9/h3-5H,1H2,2H3. The minimum absolute atomic E-state index is 0.162. The zero-order chi connectivity index (χ0) is 10.7. The second-order valence-electron chi connectivity index (χ2n) is 2.78. The molecular formula is C10H8F2O2. The predicted octanol–water partition coefficient (Wildman–Crippen LogP) is 2.45. The van der Waals surface area contributed by atoms with Crippen LogP contribution in [-0.4, -0.2) is 5.97 Å². The van der Waals surface area contributed by atoms with Gasteiger partial charge in [0.05, 0.1) is 0 Å². The molecule has 74 valence electrons. The van der Waals surface area contributed by atoms with Crippen molar-refractivity contribution >= 4 is 5.97 Å². The molecule has 1 aromatic rings. The van der Waals surface area contributed by atoms with E-state index >= 15 is 0 Å². The smallest absolute Gasteiger partial charge is 0.338 e. The molecule has 0 fully saturated rings. The number of ether oxygens (including phenoxy) is 1. The first kappa shape index (κ1) is 10.4. The highest BCUT2D eigenvalue weighted by Gasteiger charge is 2.07. The molecule has 4 heteroatoms. The van der Waals surface area contributed by atoms with Crippen LogP contribution in [0.3, 0.4) is 0 Å². The third kappa shape index (κ3) is 2.65. The van der Waals surface area contributed by atoms with Gasteiger partial charge in [0, 0.05) is 23.8 Å². The van der Waals surface area contributed by atoms with Crippen LogP contribution in [0.2, 0.25) is 0 Å². The molecule has 0 heterocycles. The van der Waals surface area contributed by atoms with Crippen LogP contribution in [0.15, 0.2) is 30.4 Å². The molecule has 1 rings (SSSR count).